The van der Waals surface area contributed by atoms with Gasteiger partial charge in [-0.15, -0.1) is 0 Å². The molecule has 0 aliphatic heterocycles. The molecule has 0 spiro atoms. The number of benzene rings is 1. The van der Waals surface area contributed by atoms with E-state index in [4.69, 9.17) is 4.42 Å². The molecule has 5 heteroatoms. The van der Waals surface area contributed by atoms with Crippen molar-refractivity contribution in [3.63, 3.8) is 0 Å². The smallest absolute Gasteiger partial charge is 0.270 e. The maximum atomic E-state index is 12.4. The van der Waals surface area contributed by atoms with E-state index in [1.807, 2.05) is 12.2 Å². The number of rotatable bonds is 2. The summed E-state index contributed by atoms with van der Waals surface area (Å²) in [6, 6.07) is 6.00. The molecule has 0 radical (unpaired) electrons. The van der Waals surface area contributed by atoms with Crippen molar-refractivity contribution in [2.75, 3.05) is 0 Å². The monoisotopic (exact) mass is 269 g/mol. The van der Waals surface area contributed by atoms with Gasteiger partial charge in [0.1, 0.15) is 11.7 Å². The zero-order valence-corrected chi connectivity index (χ0v) is 10.5. The van der Waals surface area contributed by atoms with Crippen molar-refractivity contribution < 1.29 is 9.34 Å². The van der Waals surface area contributed by atoms with E-state index in [-0.39, 0.29) is 11.1 Å². The van der Waals surface area contributed by atoms with E-state index in [9.17, 15) is 14.9 Å². The molecule has 0 bridgehead atoms. The number of hydrogen-bond donors (Lipinski definition) is 0. The maximum absolute atomic E-state index is 12.4. The van der Waals surface area contributed by atoms with E-state index in [1.54, 1.807) is 12.1 Å². The molecule has 0 atom stereocenters. The molecule has 1 aromatic carbocycles. The van der Waals surface area contributed by atoms with Gasteiger partial charge in [-0.3, -0.25) is 14.9 Å². The van der Waals surface area contributed by atoms with Crippen LogP contribution in [-0.2, 0) is 0 Å². The summed E-state index contributed by atoms with van der Waals surface area (Å²) >= 11 is 0. The van der Waals surface area contributed by atoms with Gasteiger partial charge in [0.05, 0.1) is 15.7 Å². The lowest BCUT2D eigenvalue weighted by molar-refractivity contribution is -0.384. The Hall–Kier alpha value is -2.69. The molecule has 1 heterocycles. The Kier molecular flexibility index (Phi) is 2.95. The second-order valence-corrected chi connectivity index (χ2v) is 4.55. The predicted octanol–water partition coefficient (Wildman–Crippen LogP) is 1.57. The fourth-order valence-corrected chi connectivity index (χ4v) is 2.28. The second-order valence-electron chi connectivity index (χ2n) is 4.55. The predicted molar refractivity (Wildman–Crippen MR) is 74.5 cm³/mol. The molecular weight excluding hydrogens is 258 g/mol. The van der Waals surface area contributed by atoms with Crippen molar-refractivity contribution in [2.24, 2.45) is 0 Å². The van der Waals surface area contributed by atoms with Crippen LogP contribution in [0.1, 0.15) is 12.8 Å². The highest BCUT2D eigenvalue weighted by atomic mass is 16.6. The minimum atomic E-state index is -0.483. The van der Waals surface area contributed by atoms with Crippen LogP contribution in [0.15, 0.2) is 39.7 Å². The van der Waals surface area contributed by atoms with E-state index >= 15 is 0 Å². The highest BCUT2D eigenvalue weighted by molar-refractivity contribution is 5.65. The average Bonchev–Trinajstić information content (AvgIpc) is 2.48. The Bertz CT molecular complexity index is 864. The standard InChI is InChI=1S/C15H11NO4/c17-15-12-6-1-2-7-14(12)20-9-13(15)10-4-3-5-11(8-10)16(18)19/h3-9H,1-2H2. The maximum Gasteiger partial charge on any atom is 0.270 e. The molecule has 2 aromatic rings. The first kappa shape index (κ1) is 12.3. The van der Waals surface area contributed by atoms with Gasteiger partial charge in [0.25, 0.3) is 5.69 Å². The van der Waals surface area contributed by atoms with Crippen LogP contribution in [0, 0.1) is 10.1 Å². The van der Waals surface area contributed by atoms with E-state index in [2.05, 4.69) is 0 Å². The highest BCUT2D eigenvalue weighted by Crippen LogP contribution is 2.20. The van der Waals surface area contributed by atoms with Crippen molar-refractivity contribution in [1.82, 2.24) is 0 Å². The van der Waals surface area contributed by atoms with E-state index in [0.29, 0.717) is 21.8 Å². The zero-order valence-electron chi connectivity index (χ0n) is 10.5. The number of hydrogen-bond acceptors (Lipinski definition) is 4. The van der Waals surface area contributed by atoms with Crippen LogP contribution in [0.3, 0.4) is 0 Å². The largest absolute Gasteiger partial charge is 0.464 e. The van der Waals surface area contributed by atoms with Crippen LogP contribution in [0.5, 0.6) is 0 Å². The summed E-state index contributed by atoms with van der Waals surface area (Å²) in [7, 11) is 0. The van der Waals surface area contributed by atoms with E-state index < -0.39 is 4.92 Å². The zero-order chi connectivity index (χ0) is 14.1. The molecule has 100 valence electrons. The van der Waals surface area contributed by atoms with Crippen molar-refractivity contribution in [1.29, 1.82) is 0 Å². The quantitative estimate of drug-likeness (QED) is 0.612. The van der Waals surface area contributed by atoms with Crippen LogP contribution in [-0.4, -0.2) is 4.92 Å². The van der Waals surface area contributed by atoms with Crippen LogP contribution in [0.4, 0.5) is 5.69 Å². The molecule has 1 aliphatic carbocycles. The molecule has 0 amide bonds. The van der Waals surface area contributed by atoms with Crippen molar-refractivity contribution >= 4 is 17.8 Å². The Morgan fingerprint density at radius 2 is 2.00 bits per heavy atom. The van der Waals surface area contributed by atoms with Crippen LogP contribution in [0.2, 0.25) is 0 Å². The summed E-state index contributed by atoms with van der Waals surface area (Å²) < 4.78 is 5.46. The molecule has 0 N–H and O–H groups in total. The molecule has 20 heavy (non-hydrogen) atoms. The first-order chi connectivity index (χ1) is 9.66. The molecule has 0 unspecified atom stereocenters. The number of nitro groups is 1. The fraction of sp³-hybridized carbons (Fsp3) is 0.133. The summed E-state index contributed by atoms with van der Waals surface area (Å²) in [5.41, 5.74) is 1.22. The Morgan fingerprint density at radius 3 is 2.80 bits per heavy atom. The van der Waals surface area contributed by atoms with Gasteiger partial charge >= 0.3 is 0 Å². The van der Waals surface area contributed by atoms with Gasteiger partial charge < -0.3 is 4.42 Å². The van der Waals surface area contributed by atoms with Gasteiger partial charge in [0.15, 0.2) is 5.43 Å². The van der Waals surface area contributed by atoms with E-state index in [1.165, 1.54) is 18.4 Å². The van der Waals surface area contributed by atoms with Crippen molar-refractivity contribution in [3.8, 4) is 11.1 Å². The molecule has 0 fully saturated rings. The summed E-state index contributed by atoms with van der Waals surface area (Å²) in [6.07, 6.45) is 6.76. The van der Waals surface area contributed by atoms with Gasteiger partial charge in [-0.05, 0) is 24.5 Å². The first-order valence-electron chi connectivity index (χ1n) is 6.24. The Morgan fingerprint density at radius 1 is 1.20 bits per heavy atom. The average molecular weight is 269 g/mol. The Balaban J connectivity index is 2.24. The molecular formula is C15H11NO4. The number of nitrogens with zero attached hydrogens (tertiary/aromatic N) is 1. The Labute approximate surface area is 113 Å². The van der Waals surface area contributed by atoms with Gasteiger partial charge in [-0.25, -0.2) is 0 Å². The lowest BCUT2D eigenvalue weighted by atomic mass is 10.0. The third-order valence-electron chi connectivity index (χ3n) is 3.27. The number of fused-ring (bicyclic) bond motifs is 1. The molecule has 1 aromatic heterocycles. The lowest BCUT2D eigenvalue weighted by Crippen LogP contribution is -2.40. The fourth-order valence-electron chi connectivity index (χ4n) is 2.28. The molecule has 0 saturated carbocycles. The van der Waals surface area contributed by atoms with Crippen LogP contribution in [0.25, 0.3) is 23.3 Å². The van der Waals surface area contributed by atoms with Gasteiger partial charge in [0, 0.05) is 12.1 Å². The van der Waals surface area contributed by atoms with Gasteiger partial charge in [0.2, 0.25) is 0 Å². The molecule has 1 aliphatic rings. The van der Waals surface area contributed by atoms with Gasteiger partial charge in [-0.2, -0.15) is 0 Å². The number of nitro benzene ring substituents is 1. The third-order valence-corrected chi connectivity index (χ3v) is 3.27. The topological polar surface area (TPSA) is 73.3 Å². The minimum Gasteiger partial charge on any atom is -0.464 e. The van der Waals surface area contributed by atoms with E-state index in [0.717, 1.165) is 12.8 Å². The molecule has 0 saturated heterocycles. The summed E-state index contributed by atoms with van der Waals surface area (Å²) in [5.74, 6) is 0. The molecule has 3 rings (SSSR count). The summed E-state index contributed by atoms with van der Waals surface area (Å²) in [5, 5.41) is 11.3. The van der Waals surface area contributed by atoms with Gasteiger partial charge in [-0.1, -0.05) is 18.2 Å². The van der Waals surface area contributed by atoms with Crippen LogP contribution < -0.4 is 16.1 Å². The highest BCUT2D eigenvalue weighted by Gasteiger charge is 2.12. The van der Waals surface area contributed by atoms with Crippen LogP contribution >= 0.6 is 0 Å². The third kappa shape index (κ3) is 2.03. The summed E-state index contributed by atoms with van der Waals surface area (Å²) in [4.78, 5) is 22.7. The minimum absolute atomic E-state index is 0.0461. The van der Waals surface area contributed by atoms with Crippen molar-refractivity contribution in [2.45, 2.75) is 12.8 Å². The SMILES string of the molecule is O=c1c(-c2cccc([N+](=O)[O-])c2)coc2c1=CCCC=2. The first-order valence-corrected chi connectivity index (χ1v) is 6.24. The van der Waals surface area contributed by atoms with Crippen molar-refractivity contribution in [3.05, 3.63) is 61.5 Å². The normalized spacial score (nSPS) is 13.0. The molecule has 5 nitrogen and oxygen atoms in total. The second kappa shape index (κ2) is 4.77. The number of non-ortho nitro benzene ring substituents is 1. The lowest BCUT2D eigenvalue weighted by Gasteiger charge is -2.03. The summed E-state index contributed by atoms with van der Waals surface area (Å²) in [6.45, 7) is 0.